The molecule has 1 unspecified atom stereocenters. The molecule has 0 radical (unpaired) electrons. The van der Waals surface area contributed by atoms with Crippen molar-refractivity contribution >= 4 is 28.3 Å². The maximum atomic E-state index is 12.4. The van der Waals surface area contributed by atoms with Crippen molar-refractivity contribution in [2.75, 3.05) is 5.32 Å². The Bertz CT molecular complexity index is 897. The van der Waals surface area contributed by atoms with Crippen LogP contribution in [0.2, 0.25) is 0 Å². The Morgan fingerprint density at radius 3 is 2.33 bits per heavy atom. The Kier molecular flexibility index (Phi) is 6.27. The number of carbonyl (C=O) groups excluding carboxylic acids is 2. The minimum absolute atomic E-state index is 0.122. The summed E-state index contributed by atoms with van der Waals surface area (Å²) >= 11 is 1.35. The molecule has 0 spiro atoms. The molecule has 0 aliphatic rings. The summed E-state index contributed by atoms with van der Waals surface area (Å²) in [5.74, 6) is -0.405. The summed E-state index contributed by atoms with van der Waals surface area (Å²) in [5, 5.41) is 15.1. The van der Waals surface area contributed by atoms with Gasteiger partial charge in [-0.3, -0.25) is 9.59 Å². The summed E-state index contributed by atoms with van der Waals surface area (Å²) in [5.41, 5.74) is 2.02. The highest BCUT2D eigenvalue weighted by atomic mass is 32.1. The molecule has 2 amide bonds. The molecule has 1 heterocycles. The Labute approximate surface area is 161 Å². The van der Waals surface area contributed by atoms with Crippen LogP contribution >= 0.6 is 11.3 Å². The largest absolute Gasteiger partial charge is 0.349 e. The van der Waals surface area contributed by atoms with Crippen molar-refractivity contribution in [1.29, 1.82) is 0 Å². The first-order valence-electron chi connectivity index (χ1n) is 8.58. The Balaban J connectivity index is 1.61. The number of hydrogen-bond acceptors (Lipinski definition) is 5. The molecular weight excluding hydrogens is 360 g/mol. The second-order valence-corrected chi connectivity index (χ2v) is 7.14. The van der Waals surface area contributed by atoms with Crippen molar-refractivity contribution in [3.05, 3.63) is 76.8 Å². The van der Waals surface area contributed by atoms with Gasteiger partial charge >= 0.3 is 0 Å². The van der Waals surface area contributed by atoms with Gasteiger partial charge in [0.1, 0.15) is 5.01 Å². The zero-order chi connectivity index (χ0) is 19.1. The third-order valence-corrected chi connectivity index (χ3v) is 4.72. The predicted octanol–water partition coefficient (Wildman–Crippen LogP) is 3.33. The summed E-state index contributed by atoms with van der Waals surface area (Å²) < 4.78 is 0. The molecular formula is C20H20N4O2S. The average molecular weight is 380 g/mol. The SMILES string of the molecule is CC(=O)NC(CC(=O)Nc1nnc(Cc2ccccc2)s1)c1ccccc1. The van der Waals surface area contributed by atoms with Crippen molar-refractivity contribution in [2.24, 2.45) is 0 Å². The maximum Gasteiger partial charge on any atom is 0.228 e. The minimum atomic E-state index is -0.389. The third kappa shape index (κ3) is 5.72. The molecule has 0 fully saturated rings. The highest BCUT2D eigenvalue weighted by Gasteiger charge is 2.18. The van der Waals surface area contributed by atoms with E-state index in [-0.39, 0.29) is 24.3 Å². The smallest absolute Gasteiger partial charge is 0.228 e. The van der Waals surface area contributed by atoms with Gasteiger partial charge in [-0.25, -0.2) is 0 Å². The molecule has 7 heteroatoms. The van der Waals surface area contributed by atoms with Crippen molar-refractivity contribution in [3.8, 4) is 0 Å². The van der Waals surface area contributed by atoms with Crippen LogP contribution in [0.15, 0.2) is 60.7 Å². The van der Waals surface area contributed by atoms with Gasteiger partial charge in [-0.15, -0.1) is 10.2 Å². The normalized spacial score (nSPS) is 11.6. The van der Waals surface area contributed by atoms with E-state index in [0.29, 0.717) is 11.6 Å². The van der Waals surface area contributed by atoms with Gasteiger partial charge in [0.15, 0.2) is 0 Å². The topological polar surface area (TPSA) is 84.0 Å². The van der Waals surface area contributed by atoms with Gasteiger partial charge in [0, 0.05) is 13.3 Å². The number of benzene rings is 2. The molecule has 2 aromatic carbocycles. The van der Waals surface area contributed by atoms with E-state index in [1.165, 1.54) is 18.3 Å². The molecule has 0 aliphatic heterocycles. The molecule has 0 aliphatic carbocycles. The lowest BCUT2D eigenvalue weighted by molar-refractivity contribution is -0.120. The fraction of sp³-hybridized carbons (Fsp3) is 0.200. The van der Waals surface area contributed by atoms with Crippen LogP contribution in [0.25, 0.3) is 0 Å². The van der Waals surface area contributed by atoms with Crippen LogP contribution in [0.4, 0.5) is 5.13 Å². The van der Waals surface area contributed by atoms with Gasteiger partial charge in [0.2, 0.25) is 16.9 Å². The number of rotatable bonds is 7. The van der Waals surface area contributed by atoms with Crippen LogP contribution < -0.4 is 10.6 Å². The van der Waals surface area contributed by atoms with E-state index in [0.717, 1.165) is 16.1 Å². The van der Waals surface area contributed by atoms with Crippen LogP contribution in [0.1, 0.15) is 35.5 Å². The number of carbonyl (C=O) groups is 2. The van der Waals surface area contributed by atoms with Gasteiger partial charge in [-0.05, 0) is 11.1 Å². The van der Waals surface area contributed by atoms with Crippen molar-refractivity contribution < 1.29 is 9.59 Å². The second kappa shape index (κ2) is 9.05. The van der Waals surface area contributed by atoms with E-state index < -0.39 is 0 Å². The monoisotopic (exact) mass is 380 g/mol. The number of amides is 2. The molecule has 3 aromatic rings. The fourth-order valence-corrected chi connectivity index (χ4v) is 3.47. The fourth-order valence-electron chi connectivity index (χ4n) is 2.68. The zero-order valence-corrected chi connectivity index (χ0v) is 15.7. The van der Waals surface area contributed by atoms with Crippen LogP contribution in [-0.4, -0.2) is 22.0 Å². The maximum absolute atomic E-state index is 12.4. The number of anilines is 1. The van der Waals surface area contributed by atoms with E-state index in [1.807, 2.05) is 60.7 Å². The van der Waals surface area contributed by atoms with Crippen molar-refractivity contribution in [2.45, 2.75) is 25.8 Å². The predicted molar refractivity (Wildman–Crippen MR) is 105 cm³/mol. The molecule has 1 atom stereocenters. The molecule has 1 aromatic heterocycles. The molecule has 2 N–H and O–H groups in total. The van der Waals surface area contributed by atoms with Crippen LogP contribution in [-0.2, 0) is 16.0 Å². The summed E-state index contributed by atoms with van der Waals surface area (Å²) in [6.07, 6.45) is 0.796. The molecule has 6 nitrogen and oxygen atoms in total. The number of aromatic nitrogens is 2. The number of nitrogens with zero attached hydrogens (tertiary/aromatic N) is 2. The average Bonchev–Trinajstić information content (AvgIpc) is 3.09. The van der Waals surface area contributed by atoms with Gasteiger partial charge in [-0.1, -0.05) is 72.0 Å². The zero-order valence-electron chi connectivity index (χ0n) is 14.9. The quantitative estimate of drug-likeness (QED) is 0.658. The van der Waals surface area contributed by atoms with E-state index in [9.17, 15) is 9.59 Å². The van der Waals surface area contributed by atoms with E-state index >= 15 is 0 Å². The molecule has 27 heavy (non-hydrogen) atoms. The van der Waals surface area contributed by atoms with Gasteiger partial charge in [0.05, 0.1) is 12.5 Å². The van der Waals surface area contributed by atoms with Crippen molar-refractivity contribution in [1.82, 2.24) is 15.5 Å². The van der Waals surface area contributed by atoms with Crippen molar-refractivity contribution in [3.63, 3.8) is 0 Å². The van der Waals surface area contributed by atoms with Crippen LogP contribution in [0.5, 0.6) is 0 Å². The first-order chi connectivity index (χ1) is 13.1. The third-order valence-electron chi connectivity index (χ3n) is 3.88. The standard InChI is InChI=1S/C20H20N4O2S/c1-14(25)21-17(16-10-6-3-7-11-16)13-18(26)22-20-24-23-19(27-20)12-15-8-4-2-5-9-15/h2-11,17H,12-13H2,1H3,(H,21,25)(H,22,24,26). The lowest BCUT2D eigenvalue weighted by Crippen LogP contribution is -2.29. The summed E-state index contributed by atoms with van der Waals surface area (Å²) in [4.78, 5) is 23.9. The molecule has 138 valence electrons. The Hall–Kier alpha value is -3.06. The molecule has 0 saturated heterocycles. The van der Waals surface area contributed by atoms with E-state index in [1.54, 1.807) is 0 Å². The Morgan fingerprint density at radius 2 is 1.67 bits per heavy atom. The van der Waals surface area contributed by atoms with Gasteiger partial charge < -0.3 is 10.6 Å². The summed E-state index contributed by atoms with van der Waals surface area (Å²) in [6.45, 7) is 1.44. The first-order valence-corrected chi connectivity index (χ1v) is 9.40. The highest BCUT2D eigenvalue weighted by molar-refractivity contribution is 7.15. The number of nitrogens with one attached hydrogen (secondary N) is 2. The minimum Gasteiger partial charge on any atom is -0.349 e. The van der Waals surface area contributed by atoms with E-state index in [4.69, 9.17) is 0 Å². The molecule has 0 bridgehead atoms. The Morgan fingerprint density at radius 1 is 1.00 bits per heavy atom. The summed E-state index contributed by atoms with van der Waals surface area (Å²) in [6, 6.07) is 19.0. The summed E-state index contributed by atoms with van der Waals surface area (Å²) in [7, 11) is 0. The lowest BCUT2D eigenvalue weighted by atomic mass is 10.0. The van der Waals surface area contributed by atoms with Gasteiger partial charge in [0.25, 0.3) is 0 Å². The molecule has 3 rings (SSSR count). The van der Waals surface area contributed by atoms with Crippen LogP contribution in [0.3, 0.4) is 0 Å². The molecule has 0 saturated carbocycles. The van der Waals surface area contributed by atoms with Crippen LogP contribution in [0, 0.1) is 0 Å². The second-order valence-electron chi connectivity index (χ2n) is 6.08. The van der Waals surface area contributed by atoms with E-state index in [2.05, 4.69) is 20.8 Å². The van der Waals surface area contributed by atoms with Gasteiger partial charge in [-0.2, -0.15) is 0 Å². The highest BCUT2D eigenvalue weighted by Crippen LogP contribution is 2.21. The number of hydrogen-bond donors (Lipinski definition) is 2. The lowest BCUT2D eigenvalue weighted by Gasteiger charge is -2.17. The first kappa shape index (κ1) is 18.7.